The molecular weight excluding hydrogens is 162 g/mol. The Morgan fingerprint density at radius 1 is 1.38 bits per heavy atom. The van der Waals surface area contributed by atoms with Gasteiger partial charge in [0.2, 0.25) is 5.91 Å². The number of amides is 1. The molecule has 0 aliphatic carbocycles. The second kappa shape index (κ2) is 5.25. The number of nitrogens with one attached hydrogen (secondary N) is 1. The van der Waals surface area contributed by atoms with Crippen LogP contribution in [-0.2, 0) is 4.79 Å². The lowest BCUT2D eigenvalue weighted by Gasteiger charge is -2.26. The third-order valence-corrected chi connectivity index (χ3v) is 2.14. The number of rotatable bonds is 5. The van der Waals surface area contributed by atoms with Gasteiger partial charge in [0.05, 0.1) is 0 Å². The van der Waals surface area contributed by atoms with Crippen molar-refractivity contribution >= 4 is 5.91 Å². The van der Waals surface area contributed by atoms with Crippen molar-refractivity contribution in [1.82, 2.24) is 5.32 Å². The minimum absolute atomic E-state index is 0.0698. The van der Waals surface area contributed by atoms with E-state index in [-0.39, 0.29) is 5.91 Å². The van der Waals surface area contributed by atoms with Crippen molar-refractivity contribution in [2.75, 3.05) is 6.54 Å². The van der Waals surface area contributed by atoms with Crippen LogP contribution < -0.4 is 5.32 Å². The topological polar surface area (TPSA) is 29.1 Å². The molecule has 78 valence electrons. The summed E-state index contributed by atoms with van der Waals surface area (Å²) in [6.45, 7) is 11.4. The molecule has 0 aliphatic rings. The molecule has 0 spiro atoms. The van der Waals surface area contributed by atoms with Crippen LogP contribution in [0.5, 0.6) is 0 Å². The maximum Gasteiger partial charge on any atom is 0.216 e. The molecule has 0 fully saturated rings. The Bertz CT molecular complexity index is 161. The van der Waals surface area contributed by atoms with Gasteiger partial charge in [0.15, 0.2) is 0 Å². The second-order valence-electron chi connectivity index (χ2n) is 5.00. The lowest BCUT2D eigenvalue weighted by atomic mass is 9.81. The fourth-order valence-electron chi connectivity index (χ4n) is 1.78. The van der Waals surface area contributed by atoms with Crippen molar-refractivity contribution in [2.24, 2.45) is 11.3 Å². The molecule has 2 heteroatoms. The Kier molecular flexibility index (Phi) is 5.04. The number of carbonyl (C=O) groups excluding carboxylic acids is 1. The molecule has 0 saturated carbocycles. The first kappa shape index (κ1) is 12.5. The zero-order valence-corrected chi connectivity index (χ0v) is 9.61. The van der Waals surface area contributed by atoms with Crippen molar-refractivity contribution in [3.63, 3.8) is 0 Å². The molecule has 0 aromatic rings. The van der Waals surface area contributed by atoms with Gasteiger partial charge in [-0.1, -0.05) is 27.7 Å². The predicted octanol–water partition coefficient (Wildman–Crippen LogP) is 2.58. The second-order valence-corrected chi connectivity index (χ2v) is 5.00. The van der Waals surface area contributed by atoms with E-state index in [0.29, 0.717) is 5.41 Å². The molecule has 0 aliphatic heterocycles. The van der Waals surface area contributed by atoms with Gasteiger partial charge in [-0.25, -0.2) is 0 Å². The molecule has 13 heavy (non-hydrogen) atoms. The fraction of sp³-hybridized carbons (Fsp3) is 0.909. The Hall–Kier alpha value is -0.530. The van der Waals surface area contributed by atoms with E-state index in [1.165, 1.54) is 6.42 Å². The fourth-order valence-corrected chi connectivity index (χ4v) is 1.78. The zero-order chi connectivity index (χ0) is 10.5. The number of carbonyl (C=O) groups is 1. The first-order valence-electron chi connectivity index (χ1n) is 5.08. The molecule has 1 N–H and O–H groups in total. The van der Waals surface area contributed by atoms with E-state index in [2.05, 4.69) is 33.0 Å². The average Bonchev–Trinajstić information content (AvgIpc) is 1.81. The summed E-state index contributed by atoms with van der Waals surface area (Å²) in [4.78, 5) is 10.6. The van der Waals surface area contributed by atoms with Crippen LogP contribution in [-0.4, -0.2) is 12.5 Å². The molecule has 0 heterocycles. The highest BCUT2D eigenvalue weighted by Crippen LogP contribution is 2.28. The molecule has 0 aromatic heterocycles. The van der Waals surface area contributed by atoms with Crippen LogP contribution in [0.1, 0.15) is 47.5 Å². The summed E-state index contributed by atoms with van der Waals surface area (Å²) in [5.74, 6) is 0.799. The zero-order valence-electron chi connectivity index (χ0n) is 9.61. The van der Waals surface area contributed by atoms with Gasteiger partial charge in [0.25, 0.3) is 0 Å². The third kappa shape index (κ3) is 7.82. The van der Waals surface area contributed by atoms with Crippen molar-refractivity contribution in [3.05, 3.63) is 0 Å². The average molecular weight is 185 g/mol. The van der Waals surface area contributed by atoms with E-state index >= 15 is 0 Å². The molecule has 0 atom stereocenters. The highest BCUT2D eigenvalue weighted by atomic mass is 16.1. The molecule has 0 rings (SSSR count). The van der Waals surface area contributed by atoms with Gasteiger partial charge in [-0.15, -0.1) is 0 Å². The largest absolute Gasteiger partial charge is 0.356 e. The van der Waals surface area contributed by atoms with Crippen LogP contribution in [0.25, 0.3) is 0 Å². The van der Waals surface area contributed by atoms with Gasteiger partial charge < -0.3 is 5.32 Å². The summed E-state index contributed by atoms with van der Waals surface area (Å²) >= 11 is 0. The smallest absolute Gasteiger partial charge is 0.216 e. The molecule has 0 unspecified atom stereocenters. The van der Waals surface area contributed by atoms with Crippen LogP contribution in [0.15, 0.2) is 0 Å². The number of hydrogen-bond donors (Lipinski definition) is 1. The summed E-state index contributed by atoms with van der Waals surface area (Å²) in [6.07, 6.45) is 2.28. The van der Waals surface area contributed by atoms with Crippen LogP contribution in [0, 0.1) is 11.3 Å². The van der Waals surface area contributed by atoms with E-state index in [1.807, 2.05) is 0 Å². The quantitative estimate of drug-likeness (QED) is 0.701. The van der Waals surface area contributed by atoms with E-state index in [1.54, 1.807) is 6.92 Å². The Balaban J connectivity index is 3.68. The third-order valence-electron chi connectivity index (χ3n) is 2.14. The van der Waals surface area contributed by atoms with Gasteiger partial charge in [0.1, 0.15) is 0 Å². The molecule has 0 saturated heterocycles. The van der Waals surface area contributed by atoms with E-state index < -0.39 is 0 Å². The minimum Gasteiger partial charge on any atom is -0.356 e. The molecule has 1 amide bonds. The summed E-state index contributed by atoms with van der Waals surface area (Å²) in [5.41, 5.74) is 0.344. The summed E-state index contributed by atoms with van der Waals surface area (Å²) in [5, 5.41) is 2.84. The molecular formula is C11H23NO. The van der Waals surface area contributed by atoms with Crippen LogP contribution in [0.2, 0.25) is 0 Å². The maximum absolute atomic E-state index is 10.6. The summed E-state index contributed by atoms with van der Waals surface area (Å²) < 4.78 is 0. The van der Waals surface area contributed by atoms with E-state index in [9.17, 15) is 4.79 Å². The van der Waals surface area contributed by atoms with Gasteiger partial charge in [-0.2, -0.15) is 0 Å². The Labute approximate surface area is 82.1 Å². The monoisotopic (exact) mass is 185 g/mol. The Morgan fingerprint density at radius 3 is 2.31 bits per heavy atom. The first-order chi connectivity index (χ1) is 5.83. The lowest BCUT2D eigenvalue weighted by molar-refractivity contribution is -0.119. The van der Waals surface area contributed by atoms with Crippen LogP contribution >= 0.6 is 0 Å². The van der Waals surface area contributed by atoms with Gasteiger partial charge in [0, 0.05) is 13.5 Å². The Morgan fingerprint density at radius 2 is 1.92 bits per heavy atom. The number of hydrogen-bond acceptors (Lipinski definition) is 1. The van der Waals surface area contributed by atoms with E-state index in [4.69, 9.17) is 0 Å². The van der Waals surface area contributed by atoms with Crippen molar-refractivity contribution in [2.45, 2.75) is 47.5 Å². The van der Waals surface area contributed by atoms with Crippen molar-refractivity contribution in [3.8, 4) is 0 Å². The summed E-state index contributed by atoms with van der Waals surface area (Å²) in [7, 11) is 0. The van der Waals surface area contributed by atoms with E-state index in [0.717, 1.165) is 18.9 Å². The van der Waals surface area contributed by atoms with Gasteiger partial charge in [-0.3, -0.25) is 4.79 Å². The minimum atomic E-state index is 0.0698. The molecule has 0 bridgehead atoms. The molecule has 0 aromatic carbocycles. The highest BCUT2D eigenvalue weighted by Gasteiger charge is 2.18. The predicted molar refractivity (Wildman–Crippen MR) is 56.5 cm³/mol. The van der Waals surface area contributed by atoms with Crippen LogP contribution in [0.3, 0.4) is 0 Å². The molecule has 0 radical (unpaired) electrons. The lowest BCUT2D eigenvalue weighted by Crippen LogP contribution is -2.26. The first-order valence-corrected chi connectivity index (χ1v) is 5.08. The standard InChI is InChI=1S/C11H23NO/c1-9(2)8-11(4,5)6-7-12-10(3)13/h9H,6-8H2,1-5H3,(H,12,13). The van der Waals surface area contributed by atoms with Crippen LogP contribution in [0.4, 0.5) is 0 Å². The van der Waals surface area contributed by atoms with Crippen molar-refractivity contribution in [1.29, 1.82) is 0 Å². The normalized spacial score (nSPS) is 11.8. The maximum atomic E-state index is 10.6. The summed E-state index contributed by atoms with van der Waals surface area (Å²) in [6, 6.07) is 0. The highest BCUT2D eigenvalue weighted by molar-refractivity contribution is 5.72. The molecule has 2 nitrogen and oxygen atoms in total. The SMILES string of the molecule is CC(=O)NCCC(C)(C)CC(C)C. The van der Waals surface area contributed by atoms with Gasteiger partial charge in [-0.05, 0) is 24.2 Å². The van der Waals surface area contributed by atoms with Crippen molar-refractivity contribution < 1.29 is 4.79 Å². The van der Waals surface area contributed by atoms with Gasteiger partial charge >= 0.3 is 0 Å².